The fraction of sp³-hybridized carbons (Fsp3) is 0.500. The normalized spacial score (nSPS) is 15.3. The first kappa shape index (κ1) is 30.6. The van der Waals surface area contributed by atoms with Crippen molar-refractivity contribution in [2.45, 2.75) is 47.6 Å². The Labute approximate surface area is 195 Å². The van der Waals surface area contributed by atoms with Gasteiger partial charge >= 0.3 is 53.5 Å². The molecule has 1 N–H and O–H groups in total. The molecule has 3 nitrogen and oxygen atoms in total. The van der Waals surface area contributed by atoms with E-state index in [0.29, 0.717) is 0 Å². The van der Waals surface area contributed by atoms with Gasteiger partial charge in [0.1, 0.15) is 0 Å². The highest BCUT2D eigenvalue weighted by Crippen LogP contribution is 2.64. The Morgan fingerprint density at radius 2 is 1.03 bits per heavy atom. The lowest BCUT2D eigenvalue weighted by Crippen LogP contribution is -2.75. The predicted molar refractivity (Wildman–Crippen MR) is 88.9 cm³/mol. The van der Waals surface area contributed by atoms with Crippen LogP contribution in [-0.4, -0.2) is 58.5 Å². The highest BCUT2D eigenvalue weighted by molar-refractivity contribution is 7.22. The average molecular weight is 596 g/mol. The van der Waals surface area contributed by atoms with Gasteiger partial charge < -0.3 is 0 Å². The molecule has 210 valence electrons. The topological polar surface area (TPSA) is 42.0 Å². The Morgan fingerprint density at radius 1 is 0.622 bits per heavy atom. The Morgan fingerprint density at radius 3 is 1.46 bits per heavy atom. The van der Waals surface area contributed by atoms with Crippen molar-refractivity contribution in [2.24, 2.45) is 0 Å². The number of nitrogens with zero attached hydrogens (tertiary/aromatic N) is 1. The van der Waals surface area contributed by atoms with Gasteiger partial charge in [0.05, 0.1) is 10.2 Å². The number of alkyl halides is 17. The lowest BCUT2D eigenvalue weighted by molar-refractivity contribution is -0.459. The van der Waals surface area contributed by atoms with Gasteiger partial charge in [0.25, 0.3) is 0 Å². The second-order valence-electron chi connectivity index (χ2n) is 6.96. The third kappa shape index (κ3) is 4.12. The molecule has 1 aromatic heterocycles. The van der Waals surface area contributed by atoms with Gasteiger partial charge in [-0.15, -0.1) is 0 Å². The van der Waals surface area contributed by atoms with Crippen molar-refractivity contribution >= 4 is 32.6 Å². The van der Waals surface area contributed by atoms with Crippen molar-refractivity contribution in [1.82, 2.24) is 4.98 Å². The van der Waals surface area contributed by atoms with E-state index in [0.717, 1.165) is 11.4 Å². The lowest BCUT2D eigenvalue weighted by atomic mass is 9.89. The van der Waals surface area contributed by atoms with Crippen LogP contribution in [0.25, 0.3) is 10.2 Å². The van der Waals surface area contributed by atoms with Gasteiger partial charge in [0.15, 0.2) is 5.13 Å². The first-order chi connectivity index (χ1) is 16.2. The highest BCUT2D eigenvalue weighted by Gasteiger charge is 2.95. The Bertz CT molecular complexity index is 1140. The number of anilines is 1. The van der Waals surface area contributed by atoms with Gasteiger partial charge in [-0.3, -0.25) is 10.1 Å². The summed E-state index contributed by atoms with van der Waals surface area (Å²) in [5.74, 6) is -61.9. The van der Waals surface area contributed by atoms with E-state index < -0.39 is 58.7 Å². The SMILES string of the molecule is O=C(Nc1nc2ccccc2s1)C(F)(F)C(F)(F)C(F)(F)C(F)(F)C(F)(F)C(F)(F)C(F)(F)C(F)(F)F. The van der Waals surface area contributed by atoms with Gasteiger partial charge in [0, 0.05) is 0 Å². The molecular weight excluding hydrogens is 591 g/mol. The molecule has 0 spiro atoms. The summed E-state index contributed by atoms with van der Waals surface area (Å²) in [5, 5.41) is -0.301. The molecular formula is C16H5F17N2OS. The fourth-order valence-electron chi connectivity index (χ4n) is 2.41. The zero-order valence-electron chi connectivity index (χ0n) is 16.5. The molecule has 0 fully saturated rings. The molecule has 1 heterocycles. The van der Waals surface area contributed by atoms with Crippen LogP contribution in [-0.2, 0) is 4.79 Å². The lowest BCUT2D eigenvalue weighted by Gasteiger charge is -2.42. The van der Waals surface area contributed by atoms with Crippen LogP contribution in [0.2, 0.25) is 0 Å². The van der Waals surface area contributed by atoms with E-state index in [2.05, 4.69) is 4.98 Å². The number of amides is 1. The Kier molecular flexibility index (Phi) is 6.99. The zero-order chi connectivity index (χ0) is 29.3. The molecule has 0 bridgehead atoms. The van der Waals surface area contributed by atoms with Gasteiger partial charge in [-0.1, -0.05) is 23.5 Å². The molecule has 1 aromatic carbocycles. The molecule has 2 rings (SSSR count). The molecule has 1 amide bonds. The standard InChI is InChI=1S/C16H5F17N2OS/c17-9(18,7(36)35-8-34-5-3-1-2-4-6(5)37-8)10(19,20)11(21,22)12(23,24)13(25,26)14(27,28)15(29,30)16(31,32)33/h1-4H,(H,34,35,36). The van der Waals surface area contributed by atoms with Crippen molar-refractivity contribution in [3.63, 3.8) is 0 Å². The maximum absolute atomic E-state index is 13.9. The van der Waals surface area contributed by atoms with Gasteiger partial charge in [-0.2, -0.15) is 74.6 Å². The minimum absolute atomic E-state index is 0.0391. The quantitative estimate of drug-likeness (QED) is 0.327. The molecule has 0 saturated carbocycles. The predicted octanol–water partition coefficient (Wildman–Crippen LogP) is 7.24. The van der Waals surface area contributed by atoms with E-state index in [1.54, 1.807) is 0 Å². The second-order valence-corrected chi connectivity index (χ2v) is 7.99. The summed E-state index contributed by atoms with van der Waals surface area (Å²) in [7, 11) is 0. The van der Waals surface area contributed by atoms with Crippen molar-refractivity contribution in [3.8, 4) is 0 Å². The van der Waals surface area contributed by atoms with Crippen LogP contribution in [0.1, 0.15) is 0 Å². The number of hydrogen-bond donors (Lipinski definition) is 1. The fourth-order valence-corrected chi connectivity index (χ4v) is 3.27. The summed E-state index contributed by atoms with van der Waals surface area (Å²) in [4.78, 5) is 14.9. The zero-order valence-corrected chi connectivity index (χ0v) is 17.3. The molecule has 21 heteroatoms. The maximum atomic E-state index is 13.9. The van der Waals surface area contributed by atoms with Gasteiger partial charge in [-0.25, -0.2) is 4.98 Å². The average Bonchev–Trinajstić information content (AvgIpc) is 3.14. The van der Waals surface area contributed by atoms with Gasteiger partial charge in [-0.05, 0) is 12.1 Å². The minimum atomic E-state index is -8.76. The highest BCUT2D eigenvalue weighted by atomic mass is 32.1. The van der Waals surface area contributed by atoms with E-state index >= 15 is 0 Å². The number of aromatic nitrogens is 1. The number of rotatable bonds is 8. The molecule has 0 atom stereocenters. The summed E-state index contributed by atoms with van der Waals surface area (Å²) in [6.45, 7) is 0. The van der Waals surface area contributed by atoms with Crippen LogP contribution < -0.4 is 5.32 Å². The molecule has 0 radical (unpaired) electrons. The molecule has 37 heavy (non-hydrogen) atoms. The van der Waals surface area contributed by atoms with Crippen LogP contribution in [0.15, 0.2) is 24.3 Å². The summed E-state index contributed by atoms with van der Waals surface area (Å²) >= 11 is 0.212. The van der Waals surface area contributed by atoms with Gasteiger partial charge in [0.2, 0.25) is 0 Å². The third-order valence-corrected chi connectivity index (χ3v) is 5.47. The van der Waals surface area contributed by atoms with Crippen LogP contribution in [0.5, 0.6) is 0 Å². The monoisotopic (exact) mass is 596 g/mol. The molecule has 0 unspecified atom stereocenters. The number of halogens is 17. The molecule has 0 saturated heterocycles. The van der Waals surface area contributed by atoms with Crippen LogP contribution in [0.4, 0.5) is 79.8 Å². The largest absolute Gasteiger partial charge is 0.460 e. The summed E-state index contributed by atoms with van der Waals surface area (Å²) in [5.41, 5.74) is -0.123. The van der Waals surface area contributed by atoms with E-state index in [9.17, 15) is 79.4 Å². The molecule has 0 aliphatic carbocycles. The number of fused-ring (bicyclic) bond motifs is 1. The molecule has 2 aromatic rings. The Hall–Kier alpha value is -2.61. The number of thiazole rings is 1. The number of nitrogens with one attached hydrogen (secondary N) is 1. The molecule has 0 aliphatic rings. The smallest absolute Gasteiger partial charge is 0.296 e. The van der Waals surface area contributed by atoms with Crippen LogP contribution in [0, 0.1) is 0 Å². The number of carbonyl (C=O) groups is 1. The minimum Gasteiger partial charge on any atom is -0.296 e. The van der Waals surface area contributed by atoms with E-state index in [4.69, 9.17) is 0 Å². The van der Waals surface area contributed by atoms with E-state index in [1.807, 2.05) is 0 Å². The number of hydrogen-bond acceptors (Lipinski definition) is 3. The summed E-state index contributed by atoms with van der Waals surface area (Å²) in [6, 6.07) is 4.91. The van der Waals surface area contributed by atoms with Crippen molar-refractivity contribution in [3.05, 3.63) is 24.3 Å². The Balaban J connectivity index is 2.52. The van der Waals surface area contributed by atoms with Crippen LogP contribution >= 0.6 is 11.3 Å². The third-order valence-electron chi connectivity index (χ3n) is 4.52. The second kappa shape index (κ2) is 8.45. The van der Waals surface area contributed by atoms with Crippen molar-refractivity contribution < 1.29 is 79.4 Å². The first-order valence-electron chi connectivity index (χ1n) is 8.60. The first-order valence-corrected chi connectivity index (χ1v) is 9.42. The van der Waals surface area contributed by atoms with Crippen molar-refractivity contribution in [2.75, 3.05) is 5.32 Å². The number of para-hydroxylation sites is 1. The van der Waals surface area contributed by atoms with E-state index in [1.165, 1.54) is 18.2 Å². The van der Waals surface area contributed by atoms with Crippen LogP contribution in [0.3, 0.4) is 0 Å². The van der Waals surface area contributed by atoms with E-state index in [-0.39, 0.29) is 21.6 Å². The summed E-state index contributed by atoms with van der Waals surface area (Å²) in [6.07, 6.45) is -7.84. The molecule has 0 aliphatic heterocycles. The number of benzene rings is 1. The van der Waals surface area contributed by atoms with Crippen molar-refractivity contribution in [1.29, 1.82) is 0 Å². The number of carbonyl (C=O) groups excluding carboxylic acids is 1. The maximum Gasteiger partial charge on any atom is 0.460 e. The summed E-state index contributed by atoms with van der Waals surface area (Å²) < 4.78 is 225.